The number of nitrogens with zero attached hydrogens (tertiary/aromatic N) is 4. The van der Waals surface area contributed by atoms with Crippen LogP contribution in [0.1, 0.15) is 5.82 Å². The standard InChI is InChI=1S/C22H16N4O/c27-14-20-24-25-22-18-13-17(15-7-3-1-4-8-15)21(16-9-5-2-6-10-16)23-19(18)11-12-26(20)22/h1-13,27H,14H2. The van der Waals surface area contributed by atoms with Gasteiger partial charge in [-0.25, -0.2) is 4.98 Å². The fraction of sp³-hybridized carbons (Fsp3) is 0.0455. The molecule has 0 aliphatic heterocycles. The monoisotopic (exact) mass is 352 g/mol. The minimum absolute atomic E-state index is 0.159. The summed E-state index contributed by atoms with van der Waals surface area (Å²) >= 11 is 0. The first kappa shape index (κ1) is 15.7. The van der Waals surface area contributed by atoms with Crippen molar-refractivity contribution in [2.24, 2.45) is 0 Å². The Hall–Kier alpha value is -3.57. The average molecular weight is 352 g/mol. The molecule has 27 heavy (non-hydrogen) atoms. The maximum Gasteiger partial charge on any atom is 0.170 e. The van der Waals surface area contributed by atoms with E-state index in [1.54, 1.807) is 4.40 Å². The summed E-state index contributed by atoms with van der Waals surface area (Å²) in [6.07, 6.45) is 1.85. The number of benzene rings is 2. The van der Waals surface area contributed by atoms with Crippen molar-refractivity contribution >= 4 is 16.6 Å². The molecule has 0 saturated heterocycles. The van der Waals surface area contributed by atoms with Crippen LogP contribution in [0, 0.1) is 0 Å². The number of aliphatic hydroxyl groups excluding tert-OH is 1. The third kappa shape index (κ3) is 2.56. The first-order valence-electron chi connectivity index (χ1n) is 8.74. The van der Waals surface area contributed by atoms with Crippen molar-refractivity contribution in [3.8, 4) is 22.4 Å². The van der Waals surface area contributed by atoms with Crippen LogP contribution >= 0.6 is 0 Å². The zero-order chi connectivity index (χ0) is 18.2. The van der Waals surface area contributed by atoms with Gasteiger partial charge in [0.15, 0.2) is 11.5 Å². The van der Waals surface area contributed by atoms with Gasteiger partial charge in [0.2, 0.25) is 0 Å². The van der Waals surface area contributed by atoms with E-state index in [4.69, 9.17) is 4.98 Å². The van der Waals surface area contributed by atoms with Gasteiger partial charge in [0.25, 0.3) is 0 Å². The quantitative estimate of drug-likeness (QED) is 0.531. The van der Waals surface area contributed by atoms with Crippen LogP contribution < -0.4 is 0 Å². The van der Waals surface area contributed by atoms with Gasteiger partial charge in [-0.2, -0.15) is 0 Å². The summed E-state index contributed by atoms with van der Waals surface area (Å²) in [5.74, 6) is 0.514. The lowest BCUT2D eigenvalue weighted by Gasteiger charge is -2.12. The molecule has 1 N–H and O–H groups in total. The Labute approximate surface area is 155 Å². The third-order valence-electron chi connectivity index (χ3n) is 4.71. The van der Waals surface area contributed by atoms with Crippen molar-refractivity contribution in [3.63, 3.8) is 0 Å². The van der Waals surface area contributed by atoms with E-state index in [0.29, 0.717) is 11.5 Å². The molecule has 5 heteroatoms. The van der Waals surface area contributed by atoms with E-state index in [1.807, 2.05) is 48.7 Å². The van der Waals surface area contributed by atoms with E-state index in [9.17, 15) is 5.11 Å². The number of hydrogen-bond donors (Lipinski definition) is 1. The molecule has 0 bridgehead atoms. The normalized spacial score (nSPS) is 11.3. The van der Waals surface area contributed by atoms with Crippen molar-refractivity contribution < 1.29 is 5.11 Å². The van der Waals surface area contributed by atoms with Crippen LogP contribution in [-0.4, -0.2) is 24.7 Å². The molecule has 0 amide bonds. The molecule has 0 saturated carbocycles. The minimum atomic E-state index is -0.159. The number of rotatable bonds is 3. The molecule has 3 aromatic heterocycles. The molecule has 0 atom stereocenters. The van der Waals surface area contributed by atoms with E-state index in [2.05, 4.69) is 40.5 Å². The second-order valence-electron chi connectivity index (χ2n) is 6.33. The summed E-state index contributed by atoms with van der Waals surface area (Å²) in [5, 5.41) is 18.7. The summed E-state index contributed by atoms with van der Waals surface area (Å²) in [6, 6.07) is 24.4. The fourth-order valence-electron chi connectivity index (χ4n) is 3.40. The molecule has 130 valence electrons. The van der Waals surface area contributed by atoms with Crippen LogP contribution in [0.15, 0.2) is 79.0 Å². The molecule has 0 unspecified atom stereocenters. The smallest absolute Gasteiger partial charge is 0.170 e. The minimum Gasteiger partial charge on any atom is -0.388 e. The number of fused-ring (bicyclic) bond motifs is 3. The van der Waals surface area contributed by atoms with Crippen molar-refractivity contribution in [2.45, 2.75) is 6.61 Å². The Morgan fingerprint density at radius 2 is 1.52 bits per heavy atom. The molecule has 0 aliphatic rings. The van der Waals surface area contributed by atoms with E-state index < -0.39 is 0 Å². The first-order chi connectivity index (χ1) is 13.3. The Bertz CT molecular complexity index is 1250. The van der Waals surface area contributed by atoms with Gasteiger partial charge in [-0.05, 0) is 17.7 Å². The predicted octanol–water partition coefficient (Wildman–Crippen LogP) is 4.10. The van der Waals surface area contributed by atoms with Gasteiger partial charge >= 0.3 is 0 Å². The van der Waals surface area contributed by atoms with Crippen molar-refractivity contribution in [1.82, 2.24) is 19.6 Å². The molecule has 3 heterocycles. The highest BCUT2D eigenvalue weighted by molar-refractivity contribution is 5.98. The topological polar surface area (TPSA) is 63.3 Å². The third-order valence-corrected chi connectivity index (χ3v) is 4.71. The Balaban J connectivity index is 1.87. The van der Waals surface area contributed by atoms with E-state index in [1.165, 1.54) is 0 Å². The number of hydrogen-bond acceptors (Lipinski definition) is 4. The zero-order valence-electron chi connectivity index (χ0n) is 14.4. The summed E-state index contributed by atoms with van der Waals surface area (Å²) < 4.78 is 1.81. The molecule has 0 fully saturated rings. The van der Waals surface area contributed by atoms with Gasteiger partial charge < -0.3 is 5.11 Å². The molecular formula is C22H16N4O. The lowest BCUT2D eigenvalue weighted by molar-refractivity contribution is 0.270. The maximum atomic E-state index is 9.48. The Kier molecular flexibility index (Phi) is 3.66. The van der Waals surface area contributed by atoms with Crippen LogP contribution in [0.4, 0.5) is 0 Å². The summed E-state index contributed by atoms with van der Waals surface area (Å²) in [5.41, 5.74) is 5.67. The second-order valence-corrected chi connectivity index (χ2v) is 6.33. The maximum absolute atomic E-state index is 9.48. The molecule has 5 rings (SSSR count). The Morgan fingerprint density at radius 1 is 0.815 bits per heavy atom. The van der Waals surface area contributed by atoms with E-state index in [0.717, 1.165) is 33.3 Å². The van der Waals surface area contributed by atoms with Crippen LogP contribution in [0.2, 0.25) is 0 Å². The lowest BCUT2D eigenvalue weighted by Crippen LogP contribution is -1.96. The number of aliphatic hydroxyl groups is 1. The highest BCUT2D eigenvalue weighted by atomic mass is 16.3. The van der Waals surface area contributed by atoms with Crippen LogP contribution in [0.3, 0.4) is 0 Å². The SMILES string of the molecule is OCc1nnc2c3cc(-c4ccccc4)c(-c4ccccc4)nc3ccn12. The largest absolute Gasteiger partial charge is 0.388 e. The second kappa shape index (κ2) is 6.30. The number of aromatic nitrogens is 4. The van der Waals surface area contributed by atoms with Gasteiger partial charge in [0.05, 0.1) is 11.2 Å². The van der Waals surface area contributed by atoms with Gasteiger partial charge in [-0.15, -0.1) is 10.2 Å². The van der Waals surface area contributed by atoms with Gasteiger partial charge in [-0.3, -0.25) is 4.40 Å². The van der Waals surface area contributed by atoms with E-state index >= 15 is 0 Å². The zero-order valence-corrected chi connectivity index (χ0v) is 14.4. The summed E-state index contributed by atoms with van der Waals surface area (Å²) in [6.45, 7) is -0.159. The Morgan fingerprint density at radius 3 is 2.22 bits per heavy atom. The highest BCUT2D eigenvalue weighted by Crippen LogP contribution is 2.34. The molecule has 5 aromatic rings. The van der Waals surface area contributed by atoms with Gasteiger partial charge in [0.1, 0.15) is 6.61 Å². The highest BCUT2D eigenvalue weighted by Gasteiger charge is 2.15. The van der Waals surface area contributed by atoms with E-state index in [-0.39, 0.29) is 6.61 Å². The molecule has 5 nitrogen and oxygen atoms in total. The molecule has 0 aliphatic carbocycles. The van der Waals surface area contributed by atoms with Crippen molar-refractivity contribution in [2.75, 3.05) is 0 Å². The summed E-state index contributed by atoms with van der Waals surface area (Å²) in [7, 11) is 0. The van der Waals surface area contributed by atoms with Crippen molar-refractivity contribution in [1.29, 1.82) is 0 Å². The predicted molar refractivity (Wildman–Crippen MR) is 105 cm³/mol. The lowest BCUT2D eigenvalue weighted by atomic mass is 9.98. The van der Waals surface area contributed by atoms with Gasteiger partial charge in [0, 0.05) is 22.7 Å². The number of pyridine rings is 2. The van der Waals surface area contributed by atoms with Gasteiger partial charge in [-0.1, -0.05) is 60.7 Å². The first-order valence-corrected chi connectivity index (χ1v) is 8.74. The summed E-state index contributed by atoms with van der Waals surface area (Å²) in [4.78, 5) is 4.96. The fourth-order valence-corrected chi connectivity index (χ4v) is 3.40. The van der Waals surface area contributed by atoms with Crippen molar-refractivity contribution in [3.05, 3.63) is 84.8 Å². The van der Waals surface area contributed by atoms with Crippen LogP contribution in [-0.2, 0) is 6.61 Å². The van der Waals surface area contributed by atoms with Crippen LogP contribution in [0.25, 0.3) is 38.9 Å². The average Bonchev–Trinajstić information content (AvgIpc) is 3.17. The van der Waals surface area contributed by atoms with Crippen LogP contribution in [0.5, 0.6) is 0 Å². The molecular weight excluding hydrogens is 336 g/mol. The molecule has 0 spiro atoms. The molecule has 0 radical (unpaired) electrons. The molecule has 2 aromatic carbocycles.